The molecule has 0 bridgehead atoms. The Hall–Kier alpha value is -1.01. The first kappa shape index (κ1) is 13.0. The summed E-state index contributed by atoms with van der Waals surface area (Å²) in [4.78, 5) is 5.30. The van der Waals surface area contributed by atoms with Crippen molar-refractivity contribution in [1.82, 2.24) is 4.98 Å². The van der Waals surface area contributed by atoms with Crippen molar-refractivity contribution in [3.8, 4) is 0 Å². The third-order valence-electron chi connectivity index (χ3n) is 3.38. The number of nitrogens with zero attached hydrogens (tertiary/aromatic N) is 1. The molecule has 1 heterocycles. The second kappa shape index (κ2) is 4.83. The fourth-order valence-electron chi connectivity index (χ4n) is 2.54. The maximum Gasteiger partial charge on any atom is 0.180 e. The van der Waals surface area contributed by atoms with E-state index in [-0.39, 0.29) is 10.4 Å². The van der Waals surface area contributed by atoms with E-state index in [9.17, 15) is 8.78 Å². The van der Waals surface area contributed by atoms with Gasteiger partial charge in [-0.05, 0) is 46.8 Å². The Bertz CT molecular complexity index is 642. The monoisotopic (exact) mass is 344 g/mol. The van der Waals surface area contributed by atoms with Crippen LogP contribution >= 0.6 is 27.3 Å². The minimum absolute atomic E-state index is 0.0737. The third kappa shape index (κ3) is 2.27. The lowest BCUT2D eigenvalue weighted by molar-refractivity contribution is 0.541. The van der Waals surface area contributed by atoms with Crippen molar-refractivity contribution < 1.29 is 8.78 Å². The molecule has 0 radical (unpaired) electrons. The van der Waals surface area contributed by atoms with Gasteiger partial charge in [-0.1, -0.05) is 0 Å². The molecule has 19 heavy (non-hydrogen) atoms. The van der Waals surface area contributed by atoms with Gasteiger partial charge in [0.25, 0.3) is 0 Å². The predicted molar refractivity (Wildman–Crippen MR) is 75.4 cm³/mol. The van der Waals surface area contributed by atoms with Crippen LogP contribution in [-0.2, 0) is 6.42 Å². The van der Waals surface area contributed by atoms with Crippen LogP contribution in [-0.4, -0.2) is 4.98 Å². The summed E-state index contributed by atoms with van der Waals surface area (Å²) >= 11 is 4.52. The number of halogens is 3. The molecule has 0 amide bonds. The van der Waals surface area contributed by atoms with E-state index in [1.54, 1.807) is 0 Å². The van der Waals surface area contributed by atoms with Crippen molar-refractivity contribution in [2.24, 2.45) is 0 Å². The summed E-state index contributed by atoms with van der Waals surface area (Å²) in [6.45, 7) is 0. The summed E-state index contributed by atoms with van der Waals surface area (Å²) in [5.74, 6) is -1.16. The van der Waals surface area contributed by atoms with E-state index in [1.165, 1.54) is 17.4 Å². The number of rotatable bonds is 1. The van der Waals surface area contributed by atoms with Gasteiger partial charge in [0.05, 0.1) is 10.2 Å². The van der Waals surface area contributed by atoms with Gasteiger partial charge in [-0.15, -0.1) is 11.3 Å². The lowest BCUT2D eigenvalue weighted by Gasteiger charge is -2.22. The summed E-state index contributed by atoms with van der Waals surface area (Å²) in [5, 5.41) is 0.512. The Kier molecular flexibility index (Phi) is 3.30. The van der Waals surface area contributed by atoms with Crippen LogP contribution < -0.4 is 5.73 Å². The van der Waals surface area contributed by atoms with Gasteiger partial charge < -0.3 is 5.73 Å². The molecule has 2 nitrogen and oxygen atoms in total. The molecule has 100 valence electrons. The summed E-state index contributed by atoms with van der Waals surface area (Å²) < 4.78 is 27.6. The van der Waals surface area contributed by atoms with E-state index in [1.807, 2.05) is 0 Å². The van der Waals surface area contributed by atoms with E-state index in [2.05, 4.69) is 20.9 Å². The molecular weight excluding hydrogens is 334 g/mol. The number of benzene rings is 1. The molecule has 0 fully saturated rings. The number of hydrogen-bond donors (Lipinski definition) is 1. The maximum absolute atomic E-state index is 14.0. The third-order valence-corrected chi connectivity index (χ3v) is 5.03. The maximum atomic E-state index is 14.0. The summed E-state index contributed by atoms with van der Waals surface area (Å²) in [6.07, 6.45) is 2.66. The average Bonchev–Trinajstić information content (AvgIpc) is 2.74. The zero-order valence-electron chi connectivity index (χ0n) is 9.92. The van der Waals surface area contributed by atoms with Gasteiger partial charge in [0.15, 0.2) is 5.13 Å². The quantitative estimate of drug-likeness (QED) is 0.786. The molecule has 2 aromatic rings. The number of fused-ring (bicyclic) bond motifs is 1. The second-order valence-electron chi connectivity index (χ2n) is 4.60. The standard InChI is InChI=1S/C13H11BrF2N2S/c14-8-4-7(9(15)5-10(8)16)6-2-1-3-11-12(6)19-13(17)18-11/h4-6H,1-3H2,(H2,17,18). The van der Waals surface area contributed by atoms with Crippen LogP contribution in [0.15, 0.2) is 16.6 Å². The topological polar surface area (TPSA) is 38.9 Å². The number of nitrogens with two attached hydrogens (primary N) is 1. The molecule has 1 aliphatic rings. The molecular formula is C13H11BrF2N2S. The zero-order valence-corrected chi connectivity index (χ0v) is 12.3. The van der Waals surface area contributed by atoms with Crippen molar-refractivity contribution in [2.45, 2.75) is 25.2 Å². The number of aryl methyl sites for hydroxylation is 1. The van der Waals surface area contributed by atoms with Crippen molar-refractivity contribution in [3.63, 3.8) is 0 Å². The van der Waals surface area contributed by atoms with Crippen molar-refractivity contribution >= 4 is 32.4 Å². The normalized spacial score (nSPS) is 18.4. The molecule has 1 unspecified atom stereocenters. The molecule has 3 rings (SSSR count). The van der Waals surface area contributed by atoms with Crippen LogP contribution in [0.5, 0.6) is 0 Å². The number of thiazole rings is 1. The molecule has 2 N–H and O–H groups in total. The van der Waals surface area contributed by atoms with Crippen molar-refractivity contribution in [3.05, 3.63) is 44.4 Å². The first-order valence-electron chi connectivity index (χ1n) is 5.95. The van der Waals surface area contributed by atoms with Gasteiger partial charge >= 0.3 is 0 Å². The number of anilines is 1. The van der Waals surface area contributed by atoms with Gasteiger partial charge in [-0.3, -0.25) is 0 Å². The fraction of sp³-hybridized carbons (Fsp3) is 0.308. The lowest BCUT2D eigenvalue weighted by atomic mass is 9.86. The molecule has 1 aliphatic carbocycles. The van der Waals surface area contributed by atoms with Gasteiger partial charge in [-0.2, -0.15) is 0 Å². The van der Waals surface area contributed by atoms with Crippen LogP contribution in [0.25, 0.3) is 0 Å². The largest absolute Gasteiger partial charge is 0.375 e. The highest BCUT2D eigenvalue weighted by molar-refractivity contribution is 9.10. The fourth-order valence-corrected chi connectivity index (χ4v) is 3.94. The molecule has 1 aromatic carbocycles. The minimum Gasteiger partial charge on any atom is -0.375 e. The predicted octanol–water partition coefficient (Wildman–Crippen LogP) is 4.23. The van der Waals surface area contributed by atoms with E-state index < -0.39 is 11.6 Å². The first-order chi connectivity index (χ1) is 9.06. The van der Waals surface area contributed by atoms with E-state index in [4.69, 9.17) is 5.73 Å². The lowest BCUT2D eigenvalue weighted by Crippen LogP contribution is -2.11. The first-order valence-corrected chi connectivity index (χ1v) is 7.56. The Morgan fingerprint density at radius 2 is 2.11 bits per heavy atom. The van der Waals surface area contributed by atoms with Crippen molar-refractivity contribution in [2.75, 3.05) is 5.73 Å². The SMILES string of the molecule is Nc1nc2c(s1)C(c1cc(Br)c(F)cc1F)CCC2. The molecule has 0 aliphatic heterocycles. The zero-order chi connectivity index (χ0) is 13.6. The number of nitrogen functional groups attached to an aromatic ring is 1. The summed E-state index contributed by atoms with van der Waals surface area (Å²) in [7, 11) is 0. The van der Waals surface area contributed by atoms with Crippen LogP contribution in [0.2, 0.25) is 0 Å². The van der Waals surface area contributed by atoms with Gasteiger partial charge in [0.1, 0.15) is 11.6 Å². The molecule has 0 spiro atoms. The smallest absolute Gasteiger partial charge is 0.180 e. The molecule has 6 heteroatoms. The van der Waals surface area contributed by atoms with Gasteiger partial charge in [-0.25, -0.2) is 13.8 Å². The Labute approximate surface area is 121 Å². The Balaban J connectivity index is 2.11. The molecule has 1 atom stereocenters. The Morgan fingerprint density at radius 1 is 1.32 bits per heavy atom. The van der Waals surface area contributed by atoms with Gasteiger partial charge in [0.2, 0.25) is 0 Å². The van der Waals surface area contributed by atoms with Crippen molar-refractivity contribution in [1.29, 1.82) is 0 Å². The molecule has 0 saturated carbocycles. The van der Waals surface area contributed by atoms with Crippen LogP contribution in [0.1, 0.15) is 34.9 Å². The van der Waals surface area contributed by atoms with E-state index in [0.29, 0.717) is 10.7 Å². The Morgan fingerprint density at radius 3 is 2.89 bits per heavy atom. The number of aromatic nitrogens is 1. The summed E-state index contributed by atoms with van der Waals surface area (Å²) in [5.41, 5.74) is 7.20. The van der Waals surface area contributed by atoms with Gasteiger partial charge in [0, 0.05) is 16.9 Å². The van der Waals surface area contributed by atoms with E-state index >= 15 is 0 Å². The highest BCUT2D eigenvalue weighted by Crippen LogP contribution is 2.42. The number of hydrogen-bond acceptors (Lipinski definition) is 3. The van der Waals surface area contributed by atoms with Crippen LogP contribution in [0, 0.1) is 11.6 Å². The summed E-state index contributed by atoms with van der Waals surface area (Å²) in [6, 6.07) is 2.46. The average molecular weight is 345 g/mol. The highest BCUT2D eigenvalue weighted by atomic mass is 79.9. The van der Waals surface area contributed by atoms with Crippen LogP contribution in [0.4, 0.5) is 13.9 Å². The molecule has 0 saturated heterocycles. The molecule has 1 aromatic heterocycles. The van der Waals surface area contributed by atoms with Crippen LogP contribution in [0.3, 0.4) is 0 Å². The minimum atomic E-state index is -0.582. The van der Waals surface area contributed by atoms with E-state index in [0.717, 1.165) is 35.9 Å². The second-order valence-corrected chi connectivity index (χ2v) is 6.51. The highest BCUT2D eigenvalue weighted by Gasteiger charge is 2.28.